The van der Waals surface area contributed by atoms with E-state index in [0.717, 1.165) is 28.2 Å². The third-order valence-electron chi connectivity index (χ3n) is 11.0. The molecule has 0 amide bonds. The molecule has 2 nitrogen and oxygen atoms in total. The number of rotatable bonds is 3. The first-order valence-corrected chi connectivity index (χ1v) is 17.3. The molecule has 0 N–H and O–H groups in total. The second-order valence-electron chi connectivity index (χ2n) is 13.5. The first-order chi connectivity index (χ1) is 24.8. The maximum atomic E-state index is 5.21. The number of hydrogen-bond donors (Lipinski definition) is 0. The molecule has 0 unspecified atom stereocenters. The molecule has 0 atom stereocenters. The van der Waals surface area contributed by atoms with Crippen molar-refractivity contribution >= 4 is 21.8 Å². The predicted octanol–water partition coefficient (Wildman–Crippen LogP) is 11.9. The summed E-state index contributed by atoms with van der Waals surface area (Å²) in [6.07, 6.45) is 0. The molecule has 11 rings (SSSR count). The molecule has 232 valence electrons. The molecule has 0 bridgehead atoms. The molecule has 50 heavy (non-hydrogen) atoms. The van der Waals surface area contributed by atoms with Gasteiger partial charge in [-0.15, -0.1) is 0 Å². The summed E-state index contributed by atoms with van der Waals surface area (Å²) in [5.74, 6) is 0. The lowest BCUT2D eigenvalue weighted by atomic mass is 9.70. The van der Waals surface area contributed by atoms with Crippen molar-refractivity contribution in [3.63, 3.8) is 0 Å². The molecule has 1 spiro atoms. The standard InChI is InChI=1S/C48H30N2/c1-3-15-31(16-4-1)44-27-33(28-45(49-44)32-17-5-2-6-18-32)50-46-26-14-10-22-37(46)39-29-43-38(30-47(39)50)36-21-9-13-25-42(36)48(43)40-23-11-7-19-34(40)35-20-8-12-24-41(35)48/h1-30H. The number of benzene rings is 7. The Morgan fingerprint density at radius 3 is 1.42 bits per heavy atom. The van der Waals surface area contributed by atoms with Crippen LogP contribution in [-0.4, -0.2) is 9.55 Å². The number of hydrogen-bond acceptors (Lipinski definition) is 1. The van der Waals surface area contributed by atoms with Gasteiger partial charge in [0.15, 0.2) is 0 Å². The van der Waals surface area contributed by atoms with E-state index in [1.54, 1.807) is 0 Å². The maximum absolute atomic E-state index is 5.21. The highest BCUT2D eigenvalue weighted by Crippen LogP contribution is 2.63. The summed E-state index contributed by atoms with van der Waals surface area (Å²) in [4.78, 5) is 5.21. The first kappa shape index (κ1) is 27.4. The third kappa shape index (κ3) is 3.60. The number of para-hydroxylation sites is 1. The van der Waals surface area contributed by atoms with Crippen molar-refractivity contribution in [2.75, 3.05) is 0 Å². The van der Waals surface area contributed by atoms with E-state index in [1.165, 1.54) is 66.3 Å². The van der Waals surface area contributed by atoms with E-state index in [2.05, 4.69) is 187 Å². The third-order valence-corrected chi connectivity index (χ3v) is 11.0. The summed E-state index contributed by atoms with van der Waals surface area (Å²) >= 11 is 0. The van der Waals surface area contributed by atoms with Crippen molar-refractivity contribution in [1.29, 1.82) is 0 Å². The lowest BCUT2D eigenvalue weighted by molar-refractivity contribution is 0.795. The van der Waals surface area contributed by atoms with Gasteiger partial charge in [-0.1, -0.05) is 152 Å². The van der Waals surface area contributed by atoms with Crippen molar-refractivity contribution in [2.45, 2.75) is 5.41 Å². The summed E-state index contributed by atoms with van der Waals surface area (Å²) in [6.45, 7) is 0. The summed E-state index contributed by atoms with van der Waals surface area (Å²) in [5, 5.41) is 2.50. The van der Waals surface area contributed by atoms with Crippen LogP contribution in [0.3, 0.4) is 0 Å². The average molecular weight is 635 g/mol. The van der Waals surface area contributed by atoms with E-state index in [4.69, 9.17) is 4.98 Å². The fourth-order valence-electron chi connectivity index (χ4n) is 8.99. The average Bonchev–Trinajstić information content (AvgIpc) is 3.79. The number of aromatic nitrogens is 2. The van der Waals surface area contributed by atoms with Gasteiger partial charge in [0, 0.05) is 21.9 Å². The van der Waals surface area contributed by atoms with Gasteiger partial charge in [0.2, 0.25) is 0 Å². The Balaban J connectivity index is 1.25. The molecule has 9 aromatic rings. The summed E-state index contributed by atoms with van der Waals surface area (Å²) in [7, 11) is 0. The minimum Gasteiger partial charge on any atom is -0.309 e. The highest BCUT2D eigenvalue weighted by atomic mass is 15.0. The zero-order valence-electron chi connectivity index (χ0n) is 27.2. The van der Waals surface area contributed by atoms with Crippen LogP contribution in [-0.2, 0) is 5.41 Å². The van der Waals surface area contributed by atoms with Crippen LogP contribution < -0.4 is 0 Å². The molecule has 2 aromatic heterocycles. The van der Waals surface area contributed by atoms with E-state index in [1.807, 2.05) is 0 Å². The van der Waals surface area contributed by atoms with Crippen molar-refractivity contribution < 1.29 is 0 Å². The summed E-state index contributed by atoms with van der Waals surface area (Å²) < 4.78 is 2.45. The molecule has 0 fully saturated rings. The monoisotopic (exact) mass is 634 g/mol. The van der Waals surface area contributed by atoms with Crippen LogP contribution in [0.2, 0.25) is 0 Å². The Kier molecular flexibility index (Phi) is 5.62. The van der Waals surface area contributed by atoms with Gasteiger partial charge >= 0.3 is 0 Å². The molecule has 2 aliphatic rings. The quantitative estimate of drug-likeness (QED) is 0.189. The smallest absolute Gasteiger partial charge is 0.0730 e. The SMILES string of the molecule is c1ccc(-c2cc(-n3c4ccccc4c4cc5c(cc43)-c3ccccc3C53c4ccccc4-c4ccccc43)cc(-c3ccccc3)n2)cc1. The number of fused-ring (bicyclic) bond motifs is 13. The van der Waals surface area contributed by atoms with Crippen LogP contribution in [0.25, 0.3) is 72.3 Å². The van der Waals surface area contributed by atoms with Gasteiger partial charge in [-0.25, -0.2) is 4.98 Å². The van der Waals surface area contributed by atoms with Crippen molar-refractivity contribution in [3.05, 3.63) is 204 Å². The van der Waals surface area contributed by atoms with Crippen molar-refractivity contribution in [2.24, 2.45) is 0 Å². The lowest BCUT2D eigenvalue weighted by Gasteiger charge is -2.30. The number of pyridine rings is 1. The molecule has 0 saturated heterocycles. The van der Waals surface area contributed by atoms with Crippen LogP contribution in [0.15, 0.2) is 182 Å². The molecule has 0 aliphatic heterocycles. The zero-order chi connectivity index (χ0) is 32.8. The molecule has 0 radical (unpaired) electrons. The first-order valence-electron chi connectivity index (χ1n) is 17.3. The summed E-state index contributed by atoms with van der Waals surface area (Å²) in [6, 6.07) is 66.5. The Labute approximate surface area is 290 Å². The zero-order valence-corrected chi connectivity index (χ0v) is 27.2. The van der Waals surface area contributed by atoms with E-state index in [0.29, 0.717) is 0 Å². The minimum atomic E-state index is -0.381. The van der Waals surface area contributed by atoms with Crippen LogP contribution in [0.5, 0.6) is 0 Å². The normalized spacial score (nSPS) is 13.4. The van der Waals surface area contributed by atoms with Crippen LogP contribution >= 0.6 is 0 Å². The molecule has 0 saturated carbocycles. The van der Waals surface area contributed by atoms with Gasteiger partial charge in [0.25, 0.3) is 0 Å². The van der Waals surface area contributed by atoms with E-state index in [-0.39, 0.29) is 5.41 Å². The summed E-state index contributed by atoms with van der Waals surface area (Å²) in [5.41, 5.74) is 17.9. The maximum Gasteiger partial charge on any atom is 0.0730 e. The highest BCUT2D eigenvalue weighted by molar-refractivity contribution is 6.12. The van der Waals surface area contributed by atoms with Gasteiger partial charge < -0.3 is 4.57 Å². The molecular weight excluding hydrogens is 605 g/mol. The van der Waals surface area contributed by atoms with E-state index >= 15 is 0 Å². The van der Waals surface area contributed by atoms with Gasteiger partial charge in [0.1, 0.15) is 0 Å². The molecule has 2 aliphatic carbocycles. The topological polar surface area (TPSA) is 17.8 Å². The molecule has 2 heteroatoms. The second kappa shape index (κ2) is 10.2. The van der Waals surface area contributed by atoms with Crippen LogP contribution in [0.1, 0.15) is 22.3 Å². The van der Waals surface area contributed by atoms with Crippen LogP contribution in [0, 0.1) is 0 Å². The Morgan fingerprint density at radius 2 is 0.840 bits per heavy atom. The molecule has 7 aromatic carbocycles. The Hall–Kier alpha value is -6.51. The van der Waals surface area contributed by atoms with E-state index in [9.17, 15) is 0 Å². The Morgan fingerprint density at radius 1 is 0.360 bits per heavy atom. The number of nitrogens with zero attached hydrogens (tertiary/aromatic N) is 2. The van der Waals surface area contributed by atoms with Crippen molar-refractivity contribution in [1.82, 2.24) is 9.55 Å². The lowest BCUT2D eigenvalue weighted by Crippen LogP contribution is -2.25. The second-order valence-corrected chi connectivity index (χ2v) is 13.5. The van der Waals surface area contributed by atoms with Crippen LogP contribution in [0.4, 0.5) is 0 Å². The fraction of sp³-hybridized carbons (Fsp3) is 0.0208. The molecule has 2 heterocycles. The van der Waals surface area contributed by atoms with Crippen molar-refractivity contribution in [3.8, 4) is 50.5 Å². The molecular formula is C48H30N2. The fourth-order valence-corrected chi connectivity index (χ4v) is 8.99. The van der Waals surface area contributed by atoms with Gasteiger partial charge in [-0.3, -0.25) is 0 Å². The van der Waals surface area contributed by atoms with E-state index < -0.39 is 0 Å². The highest BCUT2D eigenvalue weighted by Gasteiger charge is 2.51. The Bertz CT molecular complexity index is 2700. The predicted molar refractivity (Wildman–Crippen MR) is 206 cm³/mol. The van der Waals surface area contributed by atoms with Gasteiger partial charge in [-0.05, 0) is 74.8 Å². The largest absolute Gasteiger partial charge is 0.309 e. The van der Waals surface area contributed by atoms with Gasteiger partial charge in [0.05, 0.1) is 33.5 Å². The minimum absolute atomic E-state index is 0.381. The van der Waals surface area contributed by atoms with Gasteiger partial charge in [-0.2, -0.15) is 0 Å².